The third-order valence-electron chi connectivity index (χ3n) is 6.52. The van der Waals surface area contributed by atoms with E-state index < -0.39 is 8.07 Å². The highest BCUT2D eigenvalue weighted by Gasteiger charge is 2.56. The van der Waals surface area contributed by atoms with Gasteiger partial charge in [0.15, 0.2) is 0 Å². The Bertz CT molecular complexity index is 1140. The van der Waals surface area contributed by atoms with Crippen LogP contribution in [-0.4, -0.2) is 18.0 Å². The molecule has 2 aromatic heterocycles. The van der Waals surface area contributed by atoms with E-state index in [4.69, 9.17) is 9.97 Å². The van der Waals surface area contributed by atoms with E-state index in [0.717, 1.165) is 11.4 Å². The number of nitrogens with zero attached hydrogens (tertiary/aromatic N) is 2. The zero-order valence-corrected chi connectivity index (χ0v) is 18.2. The Morgan fingerprint density at radius 2 is 0.931 bits per heavy atom. The molecule has 2 nitrogen and oxygen atoms in total. The summed E-state index contributed by atoms with van der Waals surface area (Å²) in [4.78, 5) is 10.4. The van der Waals surface area contributed by atoms with E-state index in [9.17, 15) is 0 Å². The Hall–Kier alpha value is -3.04. The van der Waals surface area contributed by atoms with Gasteiger partial charge in [-0.05, 0) is 61.3 Å². The summed E-state index contributed by atoms with van der Waals surface area (Å²) in [5.74, 6) is 0. The molecule has 0 N–H and O–H groups in total. The van der Waals surface area contributed by atoms with E-state index >= 15 is 0 Å². The van der Waals surface area contributed by atoms with Crippen LogP contribution in [0.15, 0.2) is 60.7 Å². The summed E-state index contributed by atoms with van der Waals surface area (Å²) in [6, 6.07) is 22.7. The number of pyridine rings is 2. The lowest BCUT2D eigenvalue weighted by Crippen LogP contribution is -2.72. The first kappa shape index (κ1) is 16.9. The maximum Gasteiger partial charge on any atom is 0.226 e. The van der Waals surface area contributed by atoms with Gasteiger partial charge in [0.05, 0.1) is 0 Å². The van der Waals surface area contributed by atoms with Crippen LogP contribution in [0.25, 0.3) is 22.3 Å². The Balaban J connectivity index is 1.88. The van der Waals surface area contributed by atoms with E-state index in [2.05, 4.69) is 88.4 Å². The Labute approximate surface area is 172 Å². The molecule has 4 heterocycles. The maximum atomic E-state index is 5.21. The van der Waals surface area contributed by atoms with Gasteiger partial charge in [-0.1, -0.05) is 59.7 Å². The highest BCUT2D eigenvalue weighted by molar-refractivity contribution is 7.23. The summed E-state index contributed by atoms with van der Waals surface area (Å²) in [6.07, 6.45) is 0. The Kier molecular flexibility index (Phi) is 3.21. The van der Waals surface area contributed by atoms with E-state index in [1.165, 1.54) is 54.4 Å². The Morgan fingerprint density at radius 1 is 0.517 bits per heavy atom. The van der Waals surface area contributed by atoms with E-state index in [-0.39, 0.29) is 0 Å². The van der Waals surface area contributed by atoms with Crippen LogP contribution >= 0.6 is 0 Å². The lowest BCUT2D eigenvalue weighted by molar-refractivity contribution is 1.24. The summed E-state index contributed by atoms with van der Waals surface area (Å²) >= 11 is 0. The summed E-state index contributed by atoms with van der Waals surface area (Å²) in [5.41, 5.74) is 10.0. The molecule has 6 rings (SSSR count). The number of benzene rings is 2. The number of hydrogen-bond acceptors (Lipinski definition) is 2. The van der Waals surface area contributed by atoms with Gasteiger partial charge in [0, 0.05) is 33.1 Å². The minimum atomic E-state index is -2.50. The fraction of sp³-hybridized carbons (Fsp3) is 0.154. The summed E-state index contributed by atoms with van der Waals surface area (Å²) in [5, 5.41) is 5.44. The molecule has 0 saturated heterocycles. The minimum Gasteiger partial charge on any atom is -0.261 e. The third kappa shape index (κ3) is 2.01. The van der Waals surface area contributed by atoms with Crippen molar-refractivity contribution in [2.75, 3.05) is 0 Å². The van der Waals surface area contributed by atoms with Gasteiger partial charge in [0.1, 0.15) is 0 Å². The van der Waals surface area contributed by atoms with Gasteiger partial charge in [0.25, 0.3) is 0 Å². The van der Waals surface area contributed by atoms with Gasteiger partial charge in [0.2, 0.25) is 8.07 Å². The minimum absolute atomic E-state index is 1.08. The number of aryl methyl sites for hydroxylation is 4. The van der Waals surface area contributed by atoms with Crippen LogP contribution in [0.3, 0.4) is 0 Å². The number of hydrogen-bond donors (Lipinski definition) is 0. The van der Waals surface area contributed by atoms with Crippen molar-refractivity contribution in [2.45, 2.75) is 27.7 Å². The summed E-state index contributed by atoms with van der Waals surface area (Å²) in [6.45, 7) is 8.60. The molecule has 0 aliphatic carbocycles. The second kappa shape index (κ2) is 5.52. The second-order valence-corrected chi connectivity index (χ2v) is 12.1. The SMILES string of the molecule is Cc1ccc2c(c1)[Si]1(c3cc(C)ccc3-2)c2nc(C)ccc2-c2ccc(C)nc21. The molecule has 3 heteroatoms. The predicted octanol–water partition coefficient (Wildman–Crippen LogP) is 3.05. The van der Waals surface area contributed by atoms with Crippen molar-refractivity contribution in [3.63, 3.8) is 0 Å². The van der Waals surface area contributed by atoms with Crippen LogP contribution in [-0.2, 0) is 0 Å². The molecule has 2 aliphatic rings. The molecule has 1 spiro atoms. The number of aromatic nitrogens is 2. The Morgan fingerprint density at radius 3 is 1.38 bits per heavy atom. The number of rotatable bonds is 0. The topological polar surface area (TPSA) is 25.8 Å². The quantitative estimate of drug-likeness (QED) is 0.373. The molecule has 140 valence electrons. The van der Waals surface area contributed by atoms with Crippen molar-refractivity contribution < 1.29 is 0 Å². The molecule has 0 radical (unpaired) electrons. The largest absolute Gasteiger partial charge is 0.261 e. The summed E-state index contributed by atoms with van der Waals surface area (Å²) in [7, 11) is -2.50. The maximum absolute atomic E-state index is 5.21. The average molecular weight is 391 g/mol. The molecule has 0 fully saturated rings. The van der Waals surface area contributed by atoms with E-state index in [1.54, 1.807) is 0 Å². The third-order valence-corrected chi connectivity index (χ3v) is 11.1. The van der Waals surface area contributed by atoms with Crippen LogP contribution in [0, 0.1) is 27.7 Å². The van der Waals surface area contributed by atoms with E-state index in [0.29, 0.717) is 0 Å². The fourth-order valence-corrected chi connectivity index (χ4v) is 10.9. The van der Waals surface area contributed by atoms with Crippen molar-refractivity contribution in [3.05, 3.63) is 83.2 Å². The van der Waals surface area contributed by atoms with Crippen LogP contribution in [0.1, 0.15) is 22.5 Å². The van der Waals surface area contributed by atoms with Crippen LogP contribution in [0.4, 0.5) is 0 Å². The number of fused-ring (bicyclic) bond motifs is 10. The monoisotopic (exact) mass is 390 g/mol. The van der Waals surface area contributed by atoms with Crippen molar-refractivity contribution in [2.24, 2.45) is 0 Å². The average Bonchev–Trinajstić information content (AvgIpc) is 3.13. The van der Waals surface area contributed by atoms with Crippen molar-refractivity contribution in [1.29, 1.82) is 0 Å². The molecule has 2 aliphatic heterocycles. The smallest absolute Gasteiger partial charge is 0.226 e. The van der Waals surface area contributed by atoms with Gasteiger partial charge in [-0.25, -0.2) is 0 Å². The lowest BCUT2D eigenvalue weighted by atomic mass is 10.0. The van der Waals surface area contributed by atoms with E-state index in [1.807, 2.05) is 0 Å². The normalized spacial score (nSPS) is 14.5. The molecular weight excluding hydrogens is 368 g/mol. The molecule has 29 heavy (non-hydrogen) atoms. The molecule has 0 saturated carbocycles. The van der Waals surface area contributed by atoms with Gasteiger partial charge in [-0.2, -0.15) is 0 Å². The van der Waals surface area contributed by atoms with Crippen molar-refractivity contribution in [1.82, 2.24) is 9.97 Å². The van der Waals surface area contributed by atoms with Crippen molar-refractivity contribution >= 4 is 29.1 Å². The lowest BCUT2D eigenvalue weighted by Gasteiger charge is -2.26. The molecule has 0 amide bonds. The zero-order chi connectivity index (χ0) is 19.9. The molecule has 0 atom stereocenters. The molecular formula is C26H22N2Si. The van der Waals surface area contributed by atoms with Gasteiger partial charge in [-0.3, -0.25) is 9.97 Å². The highest BCUT2D eigenvalue weighted by Crippen LogP contribution is 2.35. The molecule has 0 bridgehead atoms. The molecule has 0 unspecified atom stereocenters. The van der Waals surface area contributed by atoms with Crippen LogP contribution in [0.2, 0.25) is 0 Å². The first-order valence-corrected chi connectivity index (χ1v) is 12.2. The predicted molar refractivity (Wildman–Crippen MR) is 123 cm³/mol. The molecule has 2 aromatic carbocycles. The molecule has 4 aromatic rings. The second-order valence-electron chi connectivity index (χ2n) is 8.55. The zero-order valence-electron chi connectivity index (χ0n) is 17.2. The first-order chi connectivity index (χ1) is 14.0. The summed E-state index contributed by atoms with van der Waals surface area (Å²) < 4.78 is 0. The van der Waals surface area contributed by atoms with Gasteiger partial charge in [-0.15, -0.1) is 0 Å². The highest BCUT2D eigenvalue weighted by atomic mass is 28.3. The van der Waals surface area contributed by atoms with Gasteiger partial charge >= 0.3 is 0 Å². The fourth-order valence-electron chi connectivity index (χ4n) is 5.29. The van der Waals surface area contributed by atoms with Crippen molar-refractivity contribution in [3.8, 4) is 22.3 Å². The standard InChI is InChI=1S/C26H22N2Si/c1-15-5-9-19-20-10-6-16(2)14-24(20)29(23(19)13-15)25-21(11-7-17(3)27-25)22-12-8-18(4)28-26(22)29/h5-14H,1-4H3. The van der Waals surface area contributed by atoms with Gasteiger partial charge < -0.3 is 0 Å². The first-order valence-electron chi connectivity index (χ1n) is 10.2. The van der Waals surface area contributed by atoms with Crippen LogP contribution in [0.5, 0.6) is 0 Å². The van der Waals surface area contributed by atoms with Crippen LogP contribution < -0.4 is 21.0 Å².